The van der Waals surface area contributed by atoms with Crippen molar-refractivity contribution in [3.8, 4) is 0 Å². The van der Waals surface area contributed by atoms with Gasteiger partial charge in [-0.05, 0) is 13.8 Å². The maximum atomic E-state index is 11.2. The van der Waals surface area contributed by atoms with Gasteiger partial charge in [0.1, 0.15) is 0 Å². The molecule has 0 saturated carbocycles. The number of hydrogen-bond acceptors (Lipinski definition) is 5. The number of carbonyl (C=O) groups excluding carboxylic acids is 1. The van der Waals surface area contributed by atoms with E-state index >= 15 is 0 Å². The summed E-state index contributed by atoms with van der Waals surface area (Å²) in [5, 5.41) is 3.06. The van der Waals surface area contributed by atoms with Gasteiger partial charge in [0, 0.05) is 17.7 Å². The third-order valence-corrected chi connectivity index (χ3v) is 2.74. The normalized spacial score (nSPS) is 13.1. The van der Waals surface area contributed by atoms with Crippen molar-refractivity contribution in [3.63, 3.8) is 0 Å². The zero-order valence-corrected chi connectivity index (χ0v) is 12.4. The first-order chi connectivity index (χ1) is 8.84. The molecule has 0 spiro atoms. The molecule has 5 nitrogen and oxygen atoms in total. The maximum Gasteiger partial charge on any atom is 0.319 e. The molecule has 1 atom stereocenters. The van der Waals surface area contributed by atoms with Crippen molar-refractivity contribution in [1.29, 1.82) is 0 Å². The number of rotatable bonds is 5. The van der Waals surface area contributed by atoms with Crippen molar-refractivity contribution in [1.82, 2.24) is 15.3 Å². The van der Waals surface area contributed by atoms with Gasteiger partial charge in [-0.25, -0.2) is 0 Å². The molecule has 0 bridgehead atoms. The molecular weight excluding hydrogens is 242 g/mol. The molecule has 19 heavy (non-hydrogen) atoms. The van der Waals surface area contributed by atoms with Crippen LogP contribution in [0.1, 0.15) is 52.0 Å². The van der Waals surface area contributed by atoms with Crippen LogP contribution in [0.15, 0.2) is 12.4 Å². The average Bonchev–Trinajstić information content (AvgIpc) is 2.35. The van der Waals surface area contributed by atoms with Gasteiger partial charge in [-0.15, -0.1) is 0 Å². The summed E-state index contributed by atoms with van der Waals surface area (Å²) in [5.74, 6) is -0.256. The van der Waals surface area contributed by atoms with Gasteiger partial charge in [-0.1, -0.05) is 20.8 Å². The molecule has 1 rings (SSSR count). The molecular formula is C14H23N3O2. The van der Waals surface area contributed by atoms with Crippen molar-refractivity contribution < 1.29 is 9.53 Å². The Morgan fingerprint density at radius 3 is 2.53 bits per heavy atom. The fraction of sp³-hybridized carbons (Fsp3) is 0.643. The van der Waals surface area contributed by atoms with Gasteiger partial charge in [-0.3, -0.25) is 20.1 Å². The first kappa shape index (κ1) is 15.6. The summed E-state index contributed by atoms with van der Waals surface area (Å²) >= 11 is 0. The van der Waals surface area contributed by atoms with E-state index in [9.17, 15) is 4.79 Å². The summed E-state index contributed by atoms with van der Waals surface area (Å²) in [5.41, 5.74) is 1.76. The molecule has 1 aromatic heterocycles. The second kappa shape index (κ2) is 6.61. The van der Waals surface area contributed by atoms with Gasteiger partial charge in [-0.2, -0.15) is 0 Å². The lowest BCUT2D eigenvalue weighted by molar-refractivity contribution is -0.142. The number of nitrogens with zero attached hydrogens (tertiary/aromatic N) is 2. The van der Waals surface area contributed by atoms with Crippen LogP contribution in [0.3, 0.4) is 0 Å². The lowest BCUT2D eigenvalue weighted by Gasteiger charge is -2.18. The molecule has 0 radical (unpaired) electrons. The van der Waals surface area contributed by atoms with Crippen LogP contribution in [-0.4, -0.2) is 29.1 Å². The minimum Gasteiger partial charge on any atom is -0.465 e. The number of nitrogens with one attached hydrogen (secondary N) is 1. The van der Waals surface area contributed by atoms with Gasteiger partial charge in [0.2, 0.25) is 0 Å². The average molecular weight is 265 g/mol. The molecule has 1 aromatic rings. The number of hydrogen-bond donors (Lipinski definition) is 1. The van der Waals surface area contributed by atoms with E-state index in [4.69, 9.17) is 4.74 Å². The molecule has 5 heteroatoms. The topological polar surface area (TPSA) is 64.1 Å². The maximum absolute atomic E-state index is 11.2. The Bertz CT molecular complexity index is 410. The van der Waals surface area contributed by atoms with E-state index in [1.807, 2.05) is 6.92 Å². The highest BCUT2D eigenvalue weighted by atomic mass is 16.5. The van der Waals surface area contributed by atoms with E-state index in [0.717, 1.165) is 11.4 Å². The van der Waals surface area contributed by atoms with Gasteiger partial charge in [0.25, 0.3) is 0 Å². The molecule has 0 aliphatic heterocycles. The highest BCUT2D eigenvalue weighted by molar-refractivity contribution is 5.71. The molecule has 1 unspecified atom stereocenters. The summed E-state index contributed by atoms with van der Waals surface area (Å²) in [6.07, 6.45) is 3.54. The second-order valence-corrected chi connectivity index (χ2v) is 5.48. The van der Waals surface area contributed by atoms with E-state index in [0.29, 0.717) is 6.61 Å². The van der Waals surface area contributed by atoms with Crippen molar-refractivity contribution in [3.05, 3.63) is 23.8 Å². The molecule has 0 aromatic carbocycles. The molecule has 1 heterocycles. The number of aromatic nitrogens is 2. The van der Waals surface area contributed by atoms with Crippen molar-refractivity contribution >= 4 is 5.97 Å². The summed E-state index contributed by atoms with van der Waals surface area (Å²) in [6.45, 7) is 10.6. The predicted octanol–water partition coefficient (Wildman–Crippen LogP) is 1.99. The molecule has 1 N–H and O–H groups in total. The first-order valence-corrected chi connectivity index (χ1v) is 6.56. The van der Waals surface area contributed by atoms with Crippen LogP contribution in [0.4, 0.5) is 0 Å². The van der Waals surface area contributed by atoms with Crippen molar-refractivity contribution in [2.75, 3.05) is 13.2 Å². The SMILES string of the molecule is CCOC(=O)CNC(C)c1cnc(C(C)(C)C)cn1. The Balaban J connectivity index is 2.58. The highest BCUT2D eigenvalue weighted by Gasteiger charge is 2.16. The molecule has 0 aliphatic rings. The standard InChI is InChI=1S/C14H23N3O2/c1-6-19-13(18)9-15-10(2)11-7-17-12(8-16-11)14(3,4)5/h7-8,10,15H,6,9H2,1-5H3. The van der Waals surface area contributed by atoms with Gasteiger partial charge >= 0.3 is 5.97 Å². The van der Waals surface area contributed by atoms with E-state index in [1.165, 1.54) is 0 Å². The molecule has 106 valence electrons. The summed E-state index contributed by atoms with van der Waals surface area (Å²) < 4.78 is 4.85. The first-order valence-electron chi connectivity index (χ1n) is 6.56. The van der Waals surface area contributed by atoms with E-state index < -0.39 is 0 Å². The second-order valence-electron chi connectivity index (χ2n) is 5.48. The number of ether oxygens (including phenoxy) is 1. The van der Waals surface area contributed by atoms with Crippen molar-refractivity contribution in [2.24, 2.45) is 0 Å². The number of esters is 1. The van der Waals surface area contributed by atoms with Crippen LogP contribution >= 0.6 is 0 Å². The Morgan fingerprint density at radius 1 is 1.37 bits per heavy atom. The van der Waals surface area contributed by atoms with Crippen LogP contribution in [-0.2, 0) is 14.9 Å². The third kappa shape index (κ3) is 4.95. The highest BCUT2D eigenvalue weighted by Crippen LogP contribution is 2.19. The Labute approximate surface area is 114 Å². The molecule has 0 amide bonds. The zero-order valence-electron chi connectivity index (χ0n) is 12.4. The van der Waals surface area contributed by atoms with Crippen LogP contribution in [0, 0.1) is 0 Å². The predicted molar refractivity (Wildman–Crippen MR) is 73.8 cm³/mol. The summed E-state index contributed by atoms with van der Waals surface area (Å²) in [7, 11) is 0. The fourth-order valence-electron chi connectivity index (χ4n) is 1.50. The lowest BCUT2D eigenvalue weighted by atomic mass is 9.93. The van der Waals surface area contributed by atoms with Gasteiger partial charge in [0.05, 0.1) is 30.7 Å². The lowest BCUT2D eigenvalue weighted by Crippen LogP contribution is -2.28. The van der Waals surface area contributed by atoms with Gasteiger partial charge in [0.15, 0.2) is 0 Å². The molecule has 0 fully saturated rings. The Hall–Kier alpha value is -1.49. The van der Waals surface area contributed by atoms with E-state index in [-0.39, 0.29) is 24.0 Å². The van der Waals surface area contributed by atoms with Crippen LogP contribution in [0.2, 0.25) is 0 Å². The van der Waals surface area contributed by atoms with E-state index in [2.05, 4.69) is 36.1 Å². The molecule has 0 saturated heterocycles. The smallest absolute Gasteiger partial charge is 0.319 e. The number of carbonyl (C=O) groups is 1. The summed E-state index contributed by atoms with van der Waals surface area (Å²) in [6, 6.07) is -0.0362. The fourth-order valence-corrected chi connectivity index (χ4v) is 1.50. The van der Waals surface area contributed by atoms with Crippen LogP contribution < -0.4 is 5.32 Å². The van der Waals surface area contributed by atoms with E-state index in [1.54, 1.807) is 19.3 Å². The minimum atomic E-state index is -0.256. The molecule has 0 aliphatic carbocycles. The Kier molecular flexibility index (Phi) is 5.42. The Morgan fingerprint density at radius 2 is 2.05 bits per heavy atom. The van der Waals surface area contributed by atoms with Crippen molar-refractivity contribution in [2.45, 2.75) is 46.1 Å². The van der Waals surface area contributed by atoms with Crippen LogP contribution in [0.25, 0.3) is 0 Å². The zero-order chi connectivity index (χ0) is 14.5. The largest absolute Gasteiger partial charge is 0.465 e. The minimum absolute atomic E-state index is 0.00682. The van der Waals surface area contributed by atoms with Crippen LogP contribution in [0.5, 0.6) is 0 Å². The quantitative estimate of drug-likeness (QED) is 0.825. The van der Waals surface area contributed by atoms with Gasteiger partial charge < -0.3 is 4.74 Å². The summed E-state index contributed by atoms with van der Waals surface area (Å²) in [4.78, 5) is 20.1. The third-order valence-electron chi connectivity index (χ3n) is 2.74. The monoisotopic (exact) mass is 265 g/mol.